The monoisotopic (exact) mass is 563 g/mol. The minimum absolute atomic E-state index is 0.0834. The van der Waals surface area contributed by atoms with Crippen LogP contribution < -0.4 is 20.0 Å². The van der Waals surface area contributed by atoms with Crippen LogP contribution in [0.2, 0.25) is 0 Å². The Balaban J connectivity index is 1.36. The molecule has 1 unspecified atom stereocenters. The highest BCUT2D eigenvalue weighted by molar-refractivity contribution is 6.02. The maximum absolute atomic E-state index is 14.0. The molecule has 1 amide bonds. The smallest absolute Gasteiger partial charge is 0.242 e. The lowest BCUT2D eigenvalue weighted by Gasteiger charge is -2.40. The molecule has 1 saturated heterocycles. The topological polar surface area (TPSA) is 59.1 Å². The van der Waals surface area contributed by atoms with E-state index in [0.717, 1.165) is 53.4 Å². The largest absolute Gasteiger partial charge is 0.378 e. The molecule has 3 aliphatic rings. The van der Waals surface area contributed by atoms with E-state index in [4.69, 9.17) is 0 Å². The first-order valence-corrected chi connectivity index (χ1v) is 14.9. The number of carbonyl (C=O) groups is 2. The van der Waals surface area contributed by atoms with Crippen molar-refractivity contribution in [3.8, 4) is 0 Å². The predicted molar refractivity (Wildman–Crippen MR) is 171 cm³/mol. The number of fused-ring (bicyclic) bond motifs is 1. The molecule has 7 nitrogen and oxygen atoms in total. The Morgan fingerprint density at radius 3 is 2.24 bits per heavy atom. The molecule has 42 heavy (non-hydrogen) atoms. The first-order valence-electron chi connectivity index (χ1n) is 14.9. The van der Waals surface area contributed by atoms with E-state index in [2.05, 4.69) is 94.5 Å². The number of amides is 1. The fourth-order valence-corrected chi connectivity index (χ4v) is 6.63. The summed E-state index contributed by atoms with van der Waals surface area (Å²) in [4.78, 5) is 36.6. The number of carbonyl (C=O) groups excluding carboxylic acids is 2. The third-order valence-corrected chi connectivity index (χ3v) is 8.79. The van der Waals surface area contributed by atoms with Crippen LogP contribution in [0.3, 0.4) is 0 Å². The van der Waals surface area contributed by atoms with Gasteiger partial charge in [-0.2, -0.15) is 0 Å². The number of hydrogen-bond acceptors (Lipinski definition) is 6. The van der Waals surface area contributed by atoms with E-state index in [9.17, 15) is 9.59 Å². The van der Waals surface area contributed by atoms with Crippen molar-refractivity contribution < 1.29 is 9.59 Å². The Morgan fingerprint density at radius 2 is 1.55 bits per heavy atom. The third-order valence-electron chi connectivity index (χ3n) is 8.79. The number of Topliss-reactive ketones (excluding diaryl/α,β-unsaturated/α-hetero) is 1. The Bertz CT molecular complexity index is 1490. The summed E-state index contributed by atoms with van der Waals surface area (Å²) in [6, 6.07) is 26.6. The Morgan fingerprint density at radius 1 is 0.881 bits per heavy atom. The van der Waals surface area contributed by atoms with Crippen LogP contribution in [-0.4, -0.2) is 63.4 Å². The van der Waals surface area contributed by atoms with Gasteiger partial charge in [0.15, 0.2) is 5.78 Å². The Hall–Kier alpha value is -4.26. The van der Waals surface area contributed by atoms with Gasteiger partial charge in [0, 0.05) is 69.3 Å². The van der Waals surface area contributed by atoms with E-state index in [1.165, 1.54) is 5.69 Å². The summed E-state index contributed by atoms with van der Waals surface area (Å²) in [7, 11) is 4.05. The van der Waals surface area contributed by atoms with Crippen molar-refractivity contribution in [3.05, 3.63) is 95.7 Å². The van der Waals surface area contributed by atoms with Crippen molar-refractivity contribution in [1.29, 1.82) is 0 Å². The number of benzene rings is 3. The van der Waals surface area contributed by atoms with E-state index < -0.39 is 0 Å². The second kappa shape index (κ2) is 11.2. The molecule has 7 heteroatoms. The van der Waals surface area contributed by atoms with Gasteiger partial charge in [-0.25, -0.2) is 0 Å². The van der Waals surface area contributed by atoms with Crippen LogP contribution in [0, 0.1) is 5.41 Å². The first kappa shape index (κ1) is 27.9. The molecular weight excluding hydrogens is 522 g/mol. The van der Waals surface area contributed by atoms with Gasteiger partial charge in [0.05, 0.1) is 24.0 Å². The molecule has 218 valence electrons. The van der Waals surface area contributed by atoms with Crippen LogP contribution in [0.4, 0.5) is 22.7 Å². The summed E-state index contributed by atoms with van der Waals surface area (Å²) in [5.41, 5.74) is 6.79. The number of nitrogens with zero attached hydrogens (tertiary/aromatic N) is 4. The summed E-state index contributed by atoms with van der Waals surface area (Å²) in [6.07, 6.45) is 1.26. The van der Waals surface area contributed by atoms with Gasteiger partial charge in [0.25, 0.3) is 0 Å². The van der Waals surface area contributed by atoms with Gasteiger partial charge in [-0.15, -0.1) is 0 Å². The molecule has 2 aliphatic heterocycles. The van der Waals surface area contributed by atoms with Gasteiger partial charge in [-0.3, -0.25) is 9.59 Å². The van der Waals surface area contributed by atoms with Crippen molar-refractivity contribution >= 4 is 34.4 Å². The number of ketones is 1. The highest BCUT2D eigenvalue weighted by Crippen LogP contribution is 2.48. The van der Waals surface area contributed by atoms with E-state index in [0.29, 0.717) is 19.5 Å². The second-order valence-corrected chi connectivity index (χ2v) is 12.7. The van der Waals surface area contributed by atoms with Crippen LogP contribution in [0.15, 0.2) is 90.1 Å². The number of para-hydroxylation sites is 3. The number of rotatable bonds is 5. The summed E-state index contributed by atoms with van der Waals surface area (Å²) >= 11 is 0. The van der Waals surface area contributed by atoms with Crippen molar-refractivity contribution in [3.63, 3.8) is 0 Å². The van der Waals surface area contributed by atoms with Gasteiger partial charge in [0.2, 0.25) is 5.91 Å². The quantitative estimate of drug-likeness (QED) is 0.429. The molecule has 1 aliphatic carbocycles. The minimum atomic E-state index is -0.370. The molecule has 0 bridgehead atoms. The van der Waals surface area contributed by atoms with Gasteiger partial charge in [-0.05, 0) is 53.8 Å². The van der Waals surface area contributed by atoms with Crippen LogP contribution >= 0.6 is 0 Å². The lowest BCUT2D eigenvalue weighted by atomic mass is 9.73. The summed E-state index contributed by atoms with van der Waals surface area (Å²) in [6.45, 7) is 7.44. The van der Waals surface area contributed by atoms with Crippen molar-refractivity contribution in [2.45, 2.75) is 32.7 Å². The number of piperazine rings is 1. The molecule has 0 radical (unpaired) electrons. The number of nitrogens with one attached hydrogen (secondary N) is 1. The molecule has 1 atom stereocenters. The highest BCUT2D eigenvalue weighted by atomic mass is 16.2. The van der Waals surface area contributed by atoms with Gasteiger partial charge >= 0.3 is 0 Å². The molecule has 1 N–H and O–H groups in total. The predicted octanol–water partition coefficient (Wildman–Crippen LogP) is 5.72. The Kier molecular flexibility index (Phi) is 7.43. The third kappa shape index (κ3) is 5.48. The molecule has 0 aromatic heterocycles. The first-order chi connectivity index (χ1) is 20.2. The molecular formula is C35H41N5O2. The maximum atomic E-state index is 14.0. The van der Waals surface area contributed by atoms with E-state index >= 15 is 0 Å². The maximum Gasteiger partial charge on any atom is 0.242 e. The highest BCUT2D eigenvalue weighted by Gasteiger charge is 2.42. The van der Waals surface area contributed by atoms with Crippen LogP contribution in [0.1, 0.15) is 38.3 Å². The van der Waals surface area contributed by atoms with Crippen LogP contribution in [0.25, 0.3) is 0 Å². The lowest BCUT2D eigenvalue weighted by molar-refractivity contribution is -0.130. The average molecular weight is 564 g/mol. The zero-order valence-electron chi connectivity index (χ0n) is 25.1. The van der Waals surface area contributed by atoms with Crippen molar-refractivity contribution in [1.82, 2.24) is 4.90 Å². The lowest BCUT2D eigenvalue weighted by Crippen LogP contribution is -2.52. The summed E-state index contributed by atoms with van der Waals surface area (Å²) in [5.74, 6) is 0.234. The van der Waals surface area contributed by atoms with Gasteiger partial charge < -0.3 is 24.9 Å². The van der Waals surface area contributed by atoms with Crippen molar-refractivity contribution in [2.24, 2.45) is 5.41 Å². The minimum Gasteiger partial charge on any atom is -0.378 e. The van der Waals surface area contributed by atoms with Crippen LogP contribution in [-0.2, 0) is 9.59 Å². The molecule has 3 aromatic rings. The number of allylic oxidation sites excluding steroid dienone is 1. The fourth-order valence-electron chi connectivity index (χ4n) is 6.63. The average Bonchev–Trinajstić information content (AvgIpc) is 3.11. The molecule has 1 fully saturated rings. The number of anilines is 4. The van der Waals surface area contributed by atoms with Crippen LogP contribution in [0.5, 0.6) is 0 Å². The summed E-state index contributed by atoms with van der Waals surface area (Å²) in [5, 5.41) is 3.66. The molecule has 6 rings (SSSR count). The second-order valence-electron chi connectivity index (χ2n) is 12.7. The van der Waals surface area contributed by atoms with Gasteiger partial charge in [-0.1, -0.05) is 56.3 Å². The molecule has 2 heterocycles. The number of hydrogen-bond donors (Lipinski definition) is 1. The standard InChI is InChI=1S/C35H41N5O2/c1-35(2)22-29-33(31(41)23-35)34(25-14-16-26(17-15-25)37(3)4)40(30-13-9-8-12-28(30)36-29)24-32(42)39-20-18-38(19-21-39)27-10-6-5-7-11-27/h5-17,34,36H,18-24H2,1-4H3. The van der Waals surface area contributed by atoms with E-state index in [-0.39, 0.29) is 29.7 Å². The summed E-state index contributed by atoms with van der Waals surface area (Å²) < 4.78 is 0. The molecule has 0 saturated carbocycles. The zero-order chi connectivity index (χ0) is 29.4. The normalized spacial score (nSPS) is 20.0. The van der Waals surface area contributed by atoms with Crippen molar-refractivity contribution in [2.75, 3.05) is 66.8 Å². The van der Waals surface area contributed by atoms with Gasteiger partial charge in [0.1, 0.15) is 0 Å². The molecule has 0 spiro atoms. The SMILES string of the molecule is CN(C)c1ccc(C2C3=C(CC(C)(C)CC3=O)Nc3ccccc3N2CC(=O)N2CCN(c3ccccc3)CC2)cc1. The Labute approximate surface area is 249 Å². The van der Waals surface area contributed by atoms with E-state index in [1.54, 1.807) is 0 Å². The molecule has 3 aromatic carbocycles. The van der Waals surface area contributed by atoms with E-state index in [1.807, 2.05) is 37.2 Å². The zero-order valence-corrected chi connectivity index (χ0v) is 25.1. The fraction of sp³-hybridized carbons (Fsp3) is 0.371.